The van der Waals surface area contributed by atoms with E-state index in [9.17, 15) is 8.42 Å². The van der Waals surface area contributed by atoms with E-state index in [1.807, 2.05) is 0 Å². The van der Waals surface area contributed by atoms with E-state index in [1.165, 1.54) is 10.9 Å². The van der Waals surface area contributed by atoms with Crippen molar-refractivity contribution in [2.24, 2.45) is 7.05 Å². The standard InChI is InChI=1S/C11H20N4O2S2/c1-15-7-10(11(12)13-15)19(16,17)14-8-4-3-5-9(6-8)18-2/h7-9,14H,3-6H2,1-2H3,(H2,12,13). The van der Waals surface area contributed by atoms with Crippen molar-refractivity contribution in [1.29, 1.82) is 0 Å². The summed E-state index contributed by atoms with van der Waals surface area (Å²) in [5.74, 6) is 0.0484. The van der Waals surface area contributed by atoms with Crippen LogP contribution in [0.4, 0.5) is 5.82 Å². The van der Waals surface area contributed by atoms with Gasteiger partial charge in [-0.05, 0) is 25.5 Å². The molecule has 8 heteroatoms. The fourth-order valence-electron chi connectivity index (χ4n) is 2.44. The van der Waals surface area contributed by atoms with Crippen molar-refractivity contribution in [2.45, 2.75) is 41.9 Å². The van der Waals surface area contributed by atoms with E-state index in [0.717, 1.165) is 25.7 Å². The normalized spacial score (nSPS) is 24.5. The molecular weight excluding hydrogens is 284 g/mol. The average molecular weight is 304 g/mol. The molecule has 108 valence electrons. The lowest BCUT2D eigenvalue weighted by Crippen LogP contribution is -2.39. The number of hydrogen-bond acceptors (Lipinski definition) is 5. The molecule has 1 aliphatic carbocycles. The van der Waals surface area contributed by atoms with Crippen molar-refractivity contribution < 1.29 is 8.42 Å². The molecule has 1 saturated carbocycles. The van der Waals surface area contributed by atoms with Crippen molar-refractivity contribution in [3.05, 3.63) is 6.20 Å². The molecule has 1 heterocycles. The van der Waals surface area contributed by atoms with Gasteiger partial charge in [-0.15, -0.1) is 0 Å². The molecule has 0 aliphatic heterocycles. The Kier molecular flexibility index (Phi) is 4.42. The van der Waals surface area contributed by atoms with E-state index in [2.05, 4.69) is 16.1 Å². The summed E-state index contributed by atoms with van der Waals surface area (Å²) in [4.78, 5) is 0.0706. The van der Waals surface area contributed by atoms with E-state index in [1.54, 1.807) is 18.8 Å². The molecule has 0 saturated heterocycles. The zero-order valence-electron chi connectivity index (χ0n) is 11.2. The predicted octanol–water partition coefficient (Wildman–Crippen LogP) is 0.955. The predicted molar refractivity (Wildman–Crippen MR) is 77.5 cm³/mol. The molecule has 2 unspecified atom stereocenters. The lowest BCUT2D eigenvalue weighted by molar-refractivity contribution is 0.421. The lowest BCUT2D eigenvalue weighted by atomic mass is 9.96. The van der Waals surface area contributed by atoms with Crippen LogP contribution in [0.5, 0.6) is 0 Å². The Bertz CT molecular complexity index is 541. The number of nitrogens with two attached hydrogens (primary N) is 1. The van der Waals surface area contributed by atoms with Crippen LogP contribution in [-0.2, 0) is 17.1 Å². The zero-order chi connectivity index (χ0) is 14.0. The average Bonchev–Trinajstić information content (AvgIpc) is 2.69. The Morgan fingerprint density at radius 2 is 2.26 bits per heavy atom. The second-order valence-corrected chi connectivity index (χ2v) is 7.72. The van der Waals surface area contributed by atoms with Crippen LogP contribution in [0, 0.1) is 0 Å². The fourth-order valence-corrected chi connectivity index (χ4v) is 4.65. The summed E-state index contributed by atoms with van der Waals surface area (Å²) in [6.07, 6.45) is 7.49. The van der Waals surface area contributed by atoms with Crippen molar-refractivity contribution in [3.63, 3.8) is 0 Å². The van der Waals surface area contributed by atoms with Gasteiger partial charge in [-0.3, -0.25) is 4.68 Å². The Morgan fingerprint density at radius 1 is 1.53 bits per heavy atom. The Balaban J connectivity index is 2.11. The largest absolute Gasteiger partial charge is 0.381 e. The molecule has 2 rings (SSSR count). The summed E-state index contributed by atoms with van der Waals surface area (Å²) < 4.78 is 28.7. The number of nitrogens with zero attached hydrogens (tertiary/aromatic N) is 2. The van der Waals surface area contributed by atoms with Gasteiger partial charge in [-0.1, -0.05) is 6.42 Å². The Hall–Kier alpha value is -0.730. The number of anilines is 1. The molecule has 3 N–H and O–H groups in total. The van der Waals surface area contributed by atoms with Crippen LogP contribution in [0.2, 0.25) is 0 Å². The third kappa shape index (κ3) is 3.43. The van der Waals surface area contributed by atoms with Gasteiger partial charge in [0.1, 0.15) is 4.90 Å². The van der Waals surface area contributed by atoms with E-state index in [4.69, 9.17) is 5.73 Å². The van der Waals surface area contributed by atoms with Gasteiger partial charge in [0.05, 0.1) is 0 Å². The van der Waals surface area contributed by atoms with Gasteiger partial charge in [0.2, 0.25) is 10.0 Å². The molecule has 1 aliphatic rings. The van der Waals surface area contributed by atoms with Crippen LogP contribution in [0.25, 0.3) is 0 Å². The summed E-state index contributed by atoms with van der Waals surface area (Å²) in [7, 11) is -1.92. The molecule has 6 nitrogen and oxygen atoms in total. The van der Waals surface area contributed by atoms with Crippen molar-refractivity contribution >= 4 is 27.6 Å². The van der Waals surface area contributed by atoms with Crippen molar-refractivity contribution in [2.75, 3.05) is 12.0 Å². The Labute approximate surface area is 118 Å². The molecule has 1 fully saturated rings. The van der Waals surface area contributed by atoms with E-state index < -0.39 is 10.0 Å². The number of nitrogen functional groups attached to an aromatic ring is 1. The first-order valence-electron chi connectivity index (χ1n) is 6.26. The molecule has 0 aromatic carbocycles. The SMILES string of the molecule is CSC1CCCC(NS(=O)(=O)c2cn(C)nc2N)C1. The van der Waals surface area contributed by atoms with Gasteiger partial charge in [0.25, 0.3) is 0 Å². The number of hydrogen-bond donors (Lipinski definition) is 2. The topological polar surface area (TPSA) is 90.0 Å². The lowest BCUT2D eigenvalue weighted by Gasteiger charge is -2.28. The first-order valence-corrected chi connectivity index (χ1v) is 9.03. The highest BCUT2D eigenvalue weighted by molar-refractivity contribution is 7.99. The molecule has 1 aromatic rings. The van der Waals surface area contributed by atoms with Gasteiger partial charge < -0.3 is 5.73 Å². The third-order valence-corrected chi connectivity index (χ3v) is 6.02. The van der Waals surface area contributed by atoms with Crippen LogP contribution in [0.1, 0.15) is 25.7 Å². The highest BCUT2D eigenvalue weighted by Crippen LogP contribution is 2.28. The summed E-state index contributed by atoms with van der Waals surface area (Å²) in [6, 6.07) is -0.00388. The molecule has 2 atom stereocenters. The van der Waals surface area contributed by atoms with E-state index >= 15 is 0 Å². The van der Waals surface area contributed by atoms with Crippen LogP contribution < -0.4 is 10.5 Å². The molecule has 0 bridgehead atoms. The maximum Gasteiger partial charge on any atom is 0.246 e. The van der Waals surface area contributed by atoms with Crippen molar-refractivity contribution in [3.8, 4) is 0 Å². The van der Waals surface area contributed by atoms with Gasteiger partial charge in [0, 0.05) is 24.5 Å². The molecule has 19 heavy (non-hydrogen) atoms. The van der Waals surface area contributed by atoms with Crippen LogP contribution in [-0.4, -0.2) is 35.7 Å². The maximum absolute atomic E-state index is 12.3. The summed E-state index contributed by atoms with van der Waals surface area (Å²) in [5.41, 5.74) is 5.63. The van der Waals surface area contributed by atoms with Crippen LogP contribution >= 0.6 is 11.8 Å². The van der Waals surface area contributed by atoms with Crippen molar-refractivity contribution in [1.82, 2.24) is 14.5 Å². The summed E-state index contributed by atoms with van der Waals surface area (Å²) in [6.45, 7) is 0. The summed E-state index contributed by atoms with van der Waals surface area (Å²) in [5, 5.41) is 4.41. The molecular formula is C11H20N4O2S2. The highest BCUT2D eigenvalue weighted by Gasteiger charge is 2.28. The number of rotatable bonds is 4. The smallest absolute Gasteiger partial charge is 0.246 e. The van der Waals surface area contributed by atoms with Gasteiger partial charge in [0.15, 0.2) is 5.82 Å². The minimum absolute atomic E-state index is 0.00388. The first-order chi connectivity index (χ1) is 8.92. The second-order valence-electron chi connectivity index (χ2n) is 4.89. The van der Waals surface area contributed by atoms with Gasteiger partial charge >= 0.3 is 0 Å². The number of aromatic nitrogens is 2. The minimum Gasteiger partial charge on any atom is -0.381 e. The molecule has 0 radical (unpaired) electrons. The number of sulfonamides is 1. The van der Waals surface area contributed by atoms with E-state index in [0.29, 0.717) is 5.25 Å². The highest BCUT2D eigenvalue weighted by atomic mass is 32.2. The first kappa shape index (κ1) is 14.7. The second kappa shape index (κ2) is 5.72. The fraction of sp³-hybridized carbons (Fsp3) is 0.727. The maximum atomic E-state index is 12.3. The zero-order valence-corrected chi connectivity index (χ0v) is 12.8. The molecule has 1 aromatic heterocycles. The monoisotopic (exact) mass is 304 g/mol. The molecule has 0 amide bonds. The van der Waals surface area contributed by atoms with Gasteiger partial charge in [-0.2, -0.15) is 16.9 Å². The number of aryl methyl sites for hydroxylation is 1. The van der Waals surface area contributed by atoms with E-state index in [-0.39, 0.29) is 16.8 Å². The molecule has 0 spiro atoms. The minimum atomic E-state index is -3.57. The third-order valence-electron chi connectivity index (χ3n) is 3.39. The Morgan fingerprint density at radius 3 is 2.84 bits per heavy atom. The number of thioether (sulfide) groups is 1. The number of nitrogens with one attached hydrogen (secondary N) is 1. The quantitative estimate of drug-likeness (QED) is 0.864. The van der Waals surface area contributed by atoms with Crippen LogP contribution in [0.15, 0.2) is 11.1 Å². The van der Waals surface area contributed by atoms with Crippen LogP contribution in [0.3, 0.4) is 0 Å². The summed E-state index contributed by atoms with van der Waals surface area (Å²) >= 11 is 1.80. The van der Waals surface area contributed by atoms with Gasteiger partial charge in [-0.25, -0.2) is 13.1 Å².